The largest absolute Gasteiger partial charge is 0.481 e. The average molecular weight is 325 g/mol. The number of carbonyl (C=O) groups is 2. The van der Waals surface area contributed by atoms with Crippen molar-refractivity contribution in [1.82, 2.24) is 5.32 Å². The number of sulfone groups is 1. The molecule has 2 unspecified atom stereocenters. The number of rotatable bonds is 5. The molecule has 1 amide bonds. The van der Waals surface area contributed by atoms with Gasteiger partial charge in [0.1, 0.15) is 5.41 Å². The number of aliphatic carboxylic acids is 1. The molecule has 2 atom stereocenters. The predicted octanol–water partition coefficient (Wildman–Crippen LogP) is 0.580. The van der Waals surface area contributed by atoms with Crippen LogP contribution in [0.1, 0.15) is 18.9 Å². The van der Waals surface area contributed by atoms with Gasteiger partial charge in [-0.3, -0.25) is 9.59 Å². The van der Waals surface area contributed by atoms with Crippen LogP contribution >= 0.6 is 0 Å². The summed E-state index contributed by atoms with van der Waals surface area (Å²) in [6.07, 6.45) is 0.295. The van der Waals surface area contributed by atoms with Crippen LogP contribution < -0.4 is 5.32 Å². The molecule has 0 saturated carbocycles. The highest BCUT2D eigenvalue weighted by Gasteiger charge is 2.38. The third kappa shape index (κ3) is 3.47. The van der Waals surface area contributed by atoms with Gasteiger partial charge < -0.3 is 10.4 Å². The van der Waals surface area contributed by atoms with Crippen LogP contribution in [0.3, 0.4) is 0 Å². The average Bonchev–Trinajstić information content (AvgIpc) is 2.85. The molecule has 7 heteroatoms. The van der Waals surface area contributed by atoms with E-state index >= 15 is 0 Å². The molecule has 22 heavy (non-hydrogen) atoms. The Kier molecular flexibility index (Phi) is 4.55. The van der Waals surface area contributed by atoms with Gasteiger partial charge in [0, 0.05) is 6.54 Å². The normalized spacial score (nSPS) is 22.7. The fraction of sp³-hybridized carbons (Fsp3) is 0.467. The van der Waals surface area contributed by atoms with Crippen molar-refractivity contribution in [3.05, 3.63) is 35.9 Å². The summed E-state index contributed by atoms with van der Waals surface area (Å²) in [7, 11) is -3.14. The number of benzene rings is 1. The second kappa shape index (κ2) is 6.08. The van der Waals surface area contributed by atoms with Crippen LogP contribution in [0.4, 0.5) is 0 Å². The molecule has 1 aromatic rings. The van der Waals surface area contributed by atoms with Gasteiger partial charge in [0.15, 0.2) is 9.84 Å². The molecule has 6 nitrogen and oxygen atoms in total. The summed E-state index contributed by atoms with van der Waals surface area (Å²) >= 11 is 0. The number of amides is 1. The zero-order valence-corrected chi connectivity index (χ0v) is 13.1. The lowest BCUT2D eigenvalue weighted by atomic mass is 9.82. The fourth-order valence-corrected chi connectivity index (χ4v) is 4.26. The van der Waals surface area contributed by atoms with Gasteiger partial charge in [0.2, 0.25) is 5.91 Å². The smallest absolute Gasteiger partial charge is 0.315 e. The SMILES string of the molecule is CC(CNC(=O)C1CCS(=O)(=O)C1)(C(=O)O)c1ccccc1. The van der Waals surface area contributed by atoms with E-state index in [1.807, 2.05) is 0 Å². The predicted molar refractivity (Wildman–Crippen MR) is 81.2 cm³/mol. The van der Waals surface area contributed by atoms with Gasteiger partial charge >= 0.3 is 5.97 Å². The summed E-state index contributed by atoms with van der Waals surface area (Å²) in [5.41, 5.74) is -0.671. The molecule has 2 rings (SSSR count). The number of carboxylic acids is 1. The maximum Gasteiger partial charge on any atom is 0.315 e. The standard InChI is InChI=1S/C15H19NO5S/c1-15(14(18)19,12-5-3-2-4-6-12)10-16-13(17)11-7-8-22(20,21)9-11/h2-6,11H,7-10H2,1H3,(H,16,17)(H,18,19). The topological polar surface area (TPSA) is 101 Å². The third-order valence-electron chi connectivity index (χ3n) is 4.10. The van der Waals surface area contributed by atoms with E-state index in [-0.39, 0.29) is 18.1 Å². The van der Waals surface area contributed by atoms with Crippen molar-refractivity contribution in [2.45, 2.75) is 18.8 Å². The molecule has 120 valence electrons. The minimum Gasteiger partial charge on any atom is -0.481 e. The second-order valence-electron chi connectivity index (χ2n) is 5.82. The summed E-state index contributed by atoms with van der Waals surface area (Å²) < 4.78 is 22.8. The molecule has 1 aliphatic rings. The maximum atomic E-state index is 12.1. The lowest BCUT2D eigenvalue weighted by molar-refractivity contribution is -0.143. The van der Waals surface area contributed by atoms with Crippen LogP contribution in [-0.2, 0) is 24.8 Å². The van der Waals surface area contributed by atoms with Crippen LogP contribution in [0.2, 0.25) is 0 Å². The first-order valence-corrected chi connectivity index (χ1v) is 8.84. The molecule has 0 bridgehead atoms. The van der Waals surface area contributed by atoms with Gasteiger partial charge in [0.05, 0.1) is 17.4 Å². The van der Waals surface area contributed by atoms with E-state index in [1.54, 1.807) is 30.3 Å². The highest BCUT2D eigenvalue weighted by atomic mass is 32.2. The number of nitrogens with one attached hydrogen (secondary N) is 1. The number of hydrogen-bond acceptors (Lipinski definition) is 4. The quantitative estimate of drug-likeness (QED) is 0.825. The zero-order valence-electron chi connectivity index (χ0n) is 12.3. The Bertz CT molecular complexity index is 670. The van der Waals surface area contributed by atoms with E-state index in [1.165, 1.54) is 6.92 Å². The Balaban J connectivity index is 2.07. The summed E-state index contributed by atoms with van der Waals surface area (Å²) in [5, 5.41) is 12.1. The molecular formula is C15H19NO5S. The van der Waals surface area contributed by atoms with E-state index in [2.05, 4.69) is 5.32 Å². The van der Waals surface area contributed by atoms with Crippen molar-refractivity contribution in [2.75, 3.05) is 18.1 Å². The lowest BCUT2D eigenvalue weighted by Gasteiger charge is -2.26. The van der Waals surface area contributed by atoms with Gasteiger partial charge in [-0.2, -0.15) is 0 Å². The molecule has 0 radical (unpaired) electrons. The molecule has 0 aliphatic carbocycles. The van der Waals surface area contributed by atoms with Crippen molar-refractivity contribution in [2.24, 2.45) is 5.92 Å². The lowest BCUT2D eigenvalue weighted by Crippen LogP contribution is -2.46. The van der Waals surface area contributed by atoms with Crippen LogP contribution in [-0.4, -0.2) is 43.5 Å². The maximum absolute atomic E-state index is 12.1. The Hall–Kier alpha value is -1.89. The van der Waals surface area contributed by atoms with Crippen LogP contribution in [0.5, 0.6) is 0 Å². The first-order valence-electron chi connectivity index (χ1n) is 7.02. The Morgan fingerprint density at radius 3 is 2.45 bits per heavy atom. The van der Waals surface area contributed by atoms with Crippen LogP contribution in [0.25, 0.3) is 0 Å². The number of hydrogen-bond donors (Lipinski definition) is 2. The first kappa shape index (κ1) is 16.5. The molecule has 0 aromatic heterocycles. The summed E-state index contributed by atoms with van der Waals surface area (Å²) in [4.78, 5) is 23.7. The molecule has 1 fully saturated rings. The summed E-state index contributed by atoms with van der Waals surface area (Å²) in [5.74, 6) is -2.17. The van der Waals surface area contributed by atoms with Gasteiger partial charge in [-0.05, 0) is 18.9 Å². The van der Waals surface area contributed by atoms with Crippen molar-refractivity contribution in [3.63, 3.8) is 0 Å². The van der Waals surface area contributed by atoms with Gasteiger partial charge in [-0.1, -0.05) is 30.3 Å². The Morgan fingerprint density at radius 1 is 1.32 bits per heavy atom. The molecule has 1 heterocycles. The van der Waals surface area contributed by atoms with Crippen molar-refractivity contribution >= 4 is 21.7 Å². The van der Waals surface area contributed by atoms with Crippen molar-refractivity contribution in [3.8, 4) is 0 Å². The van der Waals surface area contributed by atoms with E-state index in [0.717, 1.165) is 0 Å². The molecule has 2 N–H and O–H groups in total. The second-order valence-corrected chi connectivity index (χ2v) is 8.05. The third-order valence-corrected chi connectivity index (χ3v) is 5.87. The zero-order chi connectivity index (χ0) is 16.4. The van der Waals surface area contributed by atoms with E-state index in [0.29, 0.717) is 12.0 Å². The minimum absolute atomic E-state index is 0.0139. The van der Waals surface area contributed by atoms with E-state index in [4.69, 9.17) is 0 Å². The van der Waals surface area contributed by atoms with Gasteiger partial charge in [-0.25, -0.2) is 8.42 Å². The fourth-order valence-electron chi connectivity index (χ4n) is 2.52. The summed E-state index contributed by atoms with van der Waals surface area (Å²) in [6, 6.07) is 8.65. The van der Waals surface area contributed by atoms with Crippen molar-refractivity contribution in [1.29, 1.82) is 0 Å². The highest BCUT2D eigenvalue weighted by Crippen LogP contribution is 2.24. The molecular weight excluding hydrogens is 306 g/mol. The molecule has 1 saturated heterocycles. The highest BCUT2D eigenvalue weighted by molar-refractivity contribution is 7.91. The van der Waals surface area contributed by atoms with E-state index in [9.17, 15) is 23.1 Å². The molecule has 0 spiro atoms. The van der Waals surface area contributed by atoms with Gasteiger partial charge in [0.25, 0.3) is 0 Å². The number of carboxylic acid groups (broad SMARTS) is 1. The van der Waals surface area contributed by atoms with E-state index < -0.39 is 33.0 Å². The first-order chi connectivity index (χ1) is 10.2. The minimum atomic E-state index is -3.14. The number of carbonyl (C=O) groups excluding carboxylic acids is 1. The monoisotopic (exact) mass is 325 g/mol. The Morgan fingerprint density at radius 2 is 1.95 bits per heavy atom. The van der Waals surface area contributed by atoms with Crippen LogP contribution in [0.15, 0.2) is 30.3 Å². The van der Waals surface area contributed by atoms with Gasteiger partial charge in [-0.15, -0.1) is 0 Å². The Labute approximate surface area is 129 Å². The van der Waals surface area contributed by atoms with Crippen molar-refractivity contribution < 1.29 is 23.1 Å². The summed E-state index contributed by atoms with van der Waals surface area (Å²) in [6.45, 7) is 1.46. The molecule has 1 aliphatic heterocycles. The van der Waals surface area contributed by atoms with Crippen LogP contribution in [0, 0.1) is 5.92 Å². The molecule has 1 aromatic carbocycles.